The molecule has 6 heteroatoms. The average molecular weight is 697 g/mol. The summed E-state index contributed by atoms with van der Waals surface area (Å²) in [7, 11) is 0. The van der Waals surface area contributed by atoms with Gasteiger partial charge >= 0.3 is 0 Å². The maximum absolute atomic E-state index is 15.9. The highest BCUT2D eigenvalue weighted by molar-refractivity contribution is 5.80. The fourth-order valence-electron chi connectivity index (χ4n) is 6.87. The first-order chi connectivity index (χ1) is 25.1. The van der Waals surface area contributed by atoms with Gasteiger partial charge in [-0.1, -0.05) is 103 Å². The zero-order valence-electron chi connectivity index (χ0n) is 29.7. The Hall–Kier alpha value is -5.62. The van der Waals surface area contributed by atoms with Gasteiger partial charge in [-0.25, -0.2) is 17.6 Å². The van der Waals surface area contributed by atoms with Crippen molar-refractivity contribution in [1.29, 1.82) is 0 Å². The SMILES string of the molecule is Cc1ccc(N(C2=CCC(C)C=C2)c2ccc(-c3c(F)c(F)c(C4=CCC(N(c5ccc(C)cc5)c5ccc(C)cc5)C=C4)c(F)c3F)cc2)cc1. The maximum atomic E-state index is 15.9. The largest absolute Gasteiger partial charge is 0.334 e. The molecule has 2 unspecified atom stereocenters. The highest BCUT2D eigenvalue weighted by Crippen LogP contribution is 2.40. The monoisotopic (exact) mass is 696 g/mol. The summed E-state index contributed by atoms with van der Waals surface area (Å²) in [6.07, 6.45) is 12.6. The van der Waals surface area contributed by atoms with Crippen molar-refractivity contribution in [1.82, 2.24) is 0 Å². The summed E-state index contributed by atoms with van der Waals surface area (Å²) in [5.41, 5.74) is 6.57. The smallest absolute Gasteiger partial charge is 0.170 e. The molecule has 2 nitrogen and oxygen atoms in total. The number of benzene rings is 5. The second-order valence-corrected chi connectivity index (χ2v) is 13.8. The predicted octanol–water partition coefficient (Wildman–Crippen LogP) is 13.0. The topological polar surface area (TPSA) is 6.48 Å². The molecule has 0 heterocycles. The summed E-state index contributed by atoms with van der Waals surface area (Å²) in [6.45, 7) is 8.20. The van der Waals surface area contributed by atoms with E-state index < -0.39 is 34.4 Å². The number of anilines is 4. The molecular formula is C46H40F4N2. The van der Waals surface area contributed by atoms with Gasteiger partial charge in [-0.3, -0.25) is 0 Å². The van der Waals surface area contributed by atoms with Crippen LogP contribution in [0.4, 0.5) is 40.3 Å². The van der Waals surface area contributed by atoms with E-state index in [2.05, 4.69) is 35.0 Å². The molecule has 0 radical (unpaired) electrons. The average Bonchev–Trinajstić information content (AvgIpc) is 3.15. The third-order valence-electron chi connectivity index (χ3n) is 9.84. The molecule has 7 rings (SSSR count). The Morgan fingerprint density at radius 3 is 1.40 bits per heavy atom. The van der Waals surface area contributed by atoms with Gasteiger partial charge in [0.1, 0.15) is 0 Å². The Labute approximate surface area is 303 Å². The molecule has 262 valence electrons. The number of allylic oxidation sites excluding steroid dienone is 5. The zero-order chi connectivity index (χ0) is 36.5. The molecule has 0 saturated heterocycles. The van der Waals surface area contributed by atoms with Gasteiger partial charge in [-0.15, -0.1) is 0 Å². The fraction of sp³-hybridized carbons (Fsp3) is 0.174. The number of rotatable bonds is 8. The van der Waals surface area contributed by atoms with Crippen LogP contribution >= 0.6 is 0 Å². The van der Waals surface area contributed by atoms with Crippen LogP contribution in [0.2, 0.25) is 0 Å². The summed E-state index contributed by atoms with van der Waals surface area (Å²) in [5, 5.41) is 0. The molecule has 0 saturated carbocycles. The minimum absolute atomic E-state index is 0.0359. The van der Waals surface area contributed by atoms with Crippen molar-refractivity contribution in [3.63, 3.8) is 0 Å². The molecular weight excluding hydrogens is 657 g/mol. The van der Waals surface area contributed by atoms with Crippen molar-refractivity contribution in [2.75, 3.05) is 9.80 Å². The number of aryl methyl sites for hydroxylation is 3. The third kappa shape index (κ3) is 6.85. The molecule has 0 N–H and O–H groups in total. The summed E-state index contributed by atoms with van der Waals surface area (Å²) in [5.74, 6) is -5.29. The molecule has 2 aliphatic carbocycles. The molecule has 2 atom stereocenters. The van der Waals surface area contributed by atoms with E-state index in [1.165, 1.54) is 12.1 Å². The molecule has 2 aliphatic rings. The van der Waals surface area contributed by atoms with E-state index >= 15 is 17.6 Å². The quantitative estimate of drug-likeness (QED) is 0.118. The zero-order valence-corrected chi connectivity index (χ0v) is 29.7. The summed E-state index contributed by atoms with van der Waals surface area (Å²) < 4.78 is 63.5. The lowest BCUT2D eigenvalue weighted by molar-refractivity contribution is 0.454. The van der Waals surface area contributed by atoms with E-state index in [9.17, 15) is 0 Å². The van der Waals surface area contributed by atoms with Crippen LogP contribution in [-0.4, -0.2) is 6.04 Å². The van der Waals surface area contributed by atoms with Crippen LogP contribution in [0.5, 0.6) is 0 Å². The van der Waals surface area contributed by atoms with Gasteiger partial charge in [-0.05, 0) is 105 Å². The van der Waals surface area contributed by atoms with Gasteiger partial charge in [0.25, 0.3) is 0 Å². The van der Waals surface area contributed by atoms with Crippen molar-refractivity contribution in [2.45, 2.75) is 46.6 Å². The Bertz CT molecular complexity index is 2140. The molecule has 52 heavy (non-hydrogen) atoms. The van der Waals surface area contributed by atoms with Crippen molar-refractivity contribution in [3.8, 4) is 11.1 Å². The maximum Gasteiger partial charge on any atom is 0.170 e. The van der Waals surface area contributed by atoms with Crippen LogP contribution in [-0.2, 0) is 0 Å². The predicted molar refractivity (Wildman–Crippen MR) is 206 cm³/mol. The van der Waals surface area contributed by atoms with Crippen LogP contribution in [0.1, 0.15) is 42.0 Å². The normalized spacial score (nSPS) is 16.8. The molecule has 0 spiro atoms. The minimum Gasteiger partial charge on any atom is -0.334 e. The molecule has 5 aromatic rings. The third-order valence-corrected chi connectivity index (χ3v) is 9.84. The van der Waals surface area contributed by atoms with Gasteiger partial charge in [0, 0.05) is 28.4 Å². The van der Waals surface area contributed by atoms with Gasteiger partial charge in [0.15, 0.2) is 23.3 Å². The Morgan fingerprint density at radius 2 is 0.962 bits per heavy atom. The Kier molecular flexibility index (Phi) is 9.74. The molecule has 5 aromatic carbocycles. The van der Waals surface area contributed by atoms with Gasteiger partial charge < -0.3 is 9.80 Å². The highest BCUT2D eigenvalue weighted by Gasteiger charge is 2.30. The highest BCUT2D eigenvalue weighted by atomic mass is 19.2. The first-order valence-corrected chi connectivity index (χ1v) is 17.6. The second-order valence-electron chi connectivity index (χ2n) is 13.8. The van der Waals surface area contributed by atoms with Crippen LogP contribution in [0.3, 0.4) is 0 Å². The summed E-state index contributed by atoms with van der Waals surface area (Å²) in [6, 6.07) is 30.5. The standard InChI is InChI=1S/C46H40F4N2/c1-29-5-17-35(18-6-29)51(36-19-7-30(2)8-20-36)39-25-13-33(14-26-39)41-43(47)45(49)42(46(50)44(41)48)34-15-27-40(28-16-34)52(37-21-9-31(3)10-22-37)38-23-11-32(4)12-24-38/h5-11,13-25,27-28,32,39H,12,26H2,1-4H3. The Morgan fingerprint density at radius 1 is 0.500 bits per heavy atom. The Balaban J connectivity index is 1.19. The number of hydrogen-bond donors (Lipinski definition) is 0. The van der Waals surface area contributed by atoms with Crippen molar-refractivity contribution >= 4 is 28.3 Å². The fourth-order valence-corrected chi connectivity index (χ4v) is 6.87. The number of halogens is 4. The lowest BCUT2D eigenvalue weighted by Gasteiger charge is -2.33. The van der Waals surface area contributed by atoms with Crippen LogP contribution < -0.4 is 9.80 Å². The molecule has 0 fully saturated rings. The van der Waals surface area contributed by atoms with E-state index in [1.54, 1.807) is 24.3 Å². The molecule has 0 aliphatic heterocycles. The van der Waals surface area contributed by atoms with E-state index in [-0.39, 0.29) is 17.2 Å². The van der Waals surface area contributed by atoms with Crippen molar-refractivity contribution in [2.24, 2.45) is 5.92 Å². The van der Waals surface area contributed by atoms with Crippen molar-refractivity contribution < 1.29 is 17.6 Å². The van der Waals surface area contributed by atoms with E-state index in [0.717, 1.165) is 51.6 Å². The van der Waals surface area contributed by atoms with Crippen LogP contribution in [0.25, 0.3) is 16.7 Å². The lowest BCUT2D eigenvalue weighted by Crippen LogP contribution is -2.30. The minimum atomic E-state index is -1.43. The molecule has 0 aromatic heterocycles. The second kappa shape index (κ2) is 14.5. The first-order valence-electron chi connectivity index (χ1n) is 17.6. The van der Waals surface area contributed by atoms with E-state index in [1.807, 2.05) is 99.6 Å². The molecule has 0 bridgehead atoms. The molecule has 0 amide bonds. The van der Waals surface area contributed by atoms with Crippen LogP contribution in [0.15, 0.2) is 139 Å². The summed E-state index contributed by atoms with van der Waals surface area (Å²) >= 11 is 0. The number of nitrogens with zero attached hydrogens (tertiary/aromatic N) is 2. The van der Waals surface area contributed by atoms with Gasteiger partial charge in [0.2, 0.25) is 0 Å². The first kappa shape index (κ1) is 34.8. The number of hydrogen-bond acceptors (Lipinski definition) is 2. The van der Waals surface area contributed by atoms with E-state index in [0.29, 0.717) is 12.3 Å². The lowest BCUT2D eigenvalue weighted by atomic mass is 9.92. The summed E-state index contributed by atoms with van der Waals surface area (Å²) in [4.78, 5) is 4.20. The van der Waals surface area contributed by atoms with E-state index in [4.69, 9.17) is 0 Å². The van der Waals surface area contributed by atoms with Crippen molar-refractivity contribution in [3.05, 3.63) is 185 Å². The van der Waals surface area contributed by atoms with Gasteiger partial charge in [-0.2, -0.15) is 0 Å². The van der Waals surface area contributed by atoms with Crippen LogP contribution in [0, 0.1) is 50.0 Å². The van der Waals surface area contributed by atoms with Gasteiger partial charge in [0.05, 0.1) is 17.2 Å².